The highest BCUT2D eigenvalue weighted by molar-refractivity contribution is 8.13. The number of para-hydroxylation sites is 2. The average Bonchev–Trinajstić information content (AvgIpc) is 0.822. The number of piperazine rings is 2. The standard InChI is InChI=1S/C23H28ClN7O4S.C16H25N3O3.C12H12Cl2N4O3S.C6H.B16/c1-34-19-6-4-5-18(21(19)30-36(3,32)33)27-22-16(24)14-26-23(29-22)28-17-8-7-15(13-20(17)35-2)31-11-9-25-10-12-31;1-16(2,3)22-15(20)19-9-7-18(8-10-19)12-5-6-13(17)14(11-12)21-4;1-21-9-5-3-4-8(10(9)18-22(2,19)20)16-11-7(13)6-15-12(14)17-11;1-3-5-6-4-2;1-10(2)14(9)16(13(7)8)15(11(3)4)12(5)6/h4-8,13-14,25,30H,9-12H2,1-3H3,(H2,26,27,28,29);5-6,11H,7-10,17H2,1-4H3;3-6,18H,1-2H3,(H,15,16,17);1H;/q;;;2*-1. The molecule has 0 aliphatic carbocycles. The third-order valence-corrected chi connectivity index (χ3v) is 16.2. The van der Waals surface area contributed by atoms with Crippen molar-refractivity contribution in [2.75, 3.05) is 134 Å². The maximum absolute atomic E-state index is 12.1. The van der Waals surface area contributed by atoms with Gasteiger partial charge in [-0.3, -0.25) is 15.4 Å². The highest BCUT2D eigenvalue weighted by Crippen LogP contribution is 2.39. The molecule has 45 heteroatoms. The Balaban J connectivity index is 0.000000292. The van der Waals surface area contributed by atoms with Crippen molar-refractivity contribution in [3.63, 3.8) is 0 Å². The molecule has 2 aliphatic rings. The number of ether oxygens (including phenoxy) is 5. The van der Waals surface area contributed by atoms with Crippen LogP contribution in [0.5, 0.6) is 23.0 Å². The number of carbonyl (C=O) groups excluding carboxylic acids is 1. The number of rotatable bonds is 22. The number of hydrogen-bond acceptors (Lipinski definition) is 21. The summed E-state index contributed by atoms with van der Waals surface area (Å²) in [6.07, 6.45) is 10.5. The van der Waals surface area contributed by atoms with Gasteiger partial charge in [-0.25, -0.2) is 43.9 Å². The molecule has 6 aromatic rings. The van der Waals surface area contributed by atoms with E-state index in [9.17, 15) is 21.6 Å². The molecule has 2 fully saturated rings. The van der Waals surface area contributed by atoms with E-state index in [0.29, 0.717) is 58.8 Å². The summed E-state index contributed by atoms with van der Waals surface area (Å²) in [5.74, 6) is 10.9. The van der Waals surface area contributed by atoms with Crippen LogP contribution in [-0.2, 0) is 24.8 Å². The van der Waals surface area contributed by atoms with Crippen LogP contribution in [0.1, 0.15) is 20.8 Å². The molecule has 102 heavy (non-hydrogen) atoms. The van der Waals surface area contributed by atoms with E-state index in [0.717, 1.165) is 63.2 Å². The average molecular weight is 1450 g/mol. The number of nitrogens with one attached hydrogen (secondary N) is 6. The van der Waals surface area contributed by atoms with Gasteiger partial charge in [-0.1, -0.05) is 35.3 Å². The van der Waals surface area contributed by atoms with Gasteiger partial charge in [0, 0.05) is 75.9 Å². The lowest BCUT2D eigenvalue weighted by molar-refractivity contribution is 0.0240. The van der Waals surface area contributed by atoms with Gasteiger partial charge in [0.1, 0.15) is 50.0 Å². The van der Waals surface area contributed by atoms with Crippen molar-refractivity contribution in [3.8, 4) is 53.1 Å². The zero-order valence-electron chi connectivity index (χ0n) is 57.8. The predicted octanol–water partition coefficient (Wildman–Crippen LogP) is 2.78. The maximum atomic E-state index is 12.1. The van der Waals surface area contributed by atoms with E-state index in [1.165, 1.54) is 26.6 Å². The molecule has 1 amide bonds. The van der Waals surface area contributed by atoms with E-state index >= 15 is 0 Å². The van der Waals surface area contributed by atoms with Crippen LogP contribution in [-0.4, -0.2) is 261 Å². The zero-order chi connectivity index (χ0) is 76.2. The van der Waals surface area contributed by atoms with Crippen LogP contribution in [0.25, 0.3) is 0 Å². The molecule has 507 valence electrons. The molecular weight excluding hydrogens is 1380 g/mol. The first-order valence-corrected chi connectivity index (χ1v) is 35.7. The number of aromatic nitrogens is 4. The quantitative estimate of drug-likeness (QED) is 0.0169. The van der Waals surface area contributed by atoms with Crippen molar-refractivity contribution < 1.29 is 45.3 Å². The van der Waals surface area contributed by atoms with Gasteiger partial charge < -0.3 is 79.5 Å². The fourth-order valence-corrected chi connectivity index (χ4v) is 11.2. The number of methoxy groups -OCH3 is 4. The molecule has 8 N–H and O–H groups in total. The van der Waals surface area contributed by atoms with E-state index in [-0.39, 0.29) is 50.4 Å². The lowest BCUT2D eigenvalue weighted by Crippen LogP contribution is -2.75. The molecule has 2 aromatic heterocycles. The minimum atomic E-state index is -3.57. The van der Waals surface area contributed by atoms with Crippen LogP contribution in [0.3, 0.4) is 0 Å². The van der Waals surface area contributed by atoms with E-state index in [2.05, 4.69) is 78.7 Å². The number of anilines is 11. The highest BCUT2D eigenvalue weighted by atomic mass is 35.5. The van der Waals surface area contributed by atoms with Crippen LogP contribution < -0.4 is 65.2 Å². The van der Waals surface area contributed by atoms with Crippen molar-refractivity contribution in [1.82, 2.24) is 30.2 Å². The third kappa shape index (κ3) is 28.5. The number of carbonyl (C=O) groups is 1. The Kier molecular flexibility index (Phi) is 35.4. The smallest absolute Gasteiger partial charge is 0.410 e. The molecule has 2 saturated heterocycles. The first-order valence-electron chi connectivity index (χ1n) is 30.8. The minimum Gasteiger partial charge on any atom is -0.687 e. The second-order valence-corrected chi connectivity index (χ2v) is 27.8. The summed E-state index contributed by atoms with van der Waals surface area (Å²) in [5.41, 5.74) is 10.1. The van der Waals surface area contributed by atoms with Crippen molar-refractivity contribution in [3.05, 3.63) is 107 Å². The topological polar surface area (TPSA) is 291 Å². The van der Waals surface area contributed by atoms with Gasteiger partial charge in [0.05, 0.1) is 76.1 Å². The summed E-state index contributed by atoms with van der Waals surface area (Å²) < 4.78 is 78.5. The first kappa shape index (κ1) is 86.8. The number of nitrogen functional groups attached to an aromatic ring is 1. The molecule has 8 rings (SSSR count). The molecule has 4 heterocycles. The molecule has 2 aliphatic heterocycles. The number of terminal acetylenes is 1. The Hall–Kier alpha value is -7.64. The minimum absolute atomic E-state index is 0.00687. The Morgan fingerprint density at radius 1 is 0.647 bits per heavy atom. The largest absolute Gasteiger partial charge is 0.687 e. The normalized spacial score (nSPS) is 12.2. The molecule has 0 saturated carbocycles. The van der Waals surface area contributed by atoms with Crippen LogP contribution in [0, 0.1) is 36.5 Å². The van der Waals surface area contributed by atoms with Gasteiger partial charge in [-0.05, 0) is 187 Å². The van der Waals surface area contributed by atoms with E-state index in [1.54, 1.807) is 55.5 Å². The summed E-state index contributed by atoms with van der Waals surface area (Å²) >= 11 is 18.1. The maximum Gasteiger partial charge on any atom is 0.410 e. The van der Waals surface area contributed by atoms with Crippen molar-refractivity contribution >= 4 is 238 Å². The van der Waals surface area contributed by atoms with Crippen molar-refractivity contribution in [1.29, 1.82) is 0 Å². The van der Waals surface area contributed by atoms with Gasteiger partial charge in [0.25, 0.3) is 0 Å². The number of hydrogen-bond donors (Lipinski definition) is 7. The number of nitrogens with two attached hydrogens (primary N) is 1. The van der Waals surface area contributed by atoms with Crippen molar-refractivity contribution in [2.45, 2.75) is 26.4 Å². The van der Waals surface area contributed by atoms with E-state index in [4.69, 9.17) is 140 Å². The van der Waals surface area contributed by atoms with Crippen LogP contribution >= 0.6 is 34.8 Å². The monoisotopic (exact) mass is 1450 g/mol. The molecule has 0 atom stereocenters. The molecular formula is C57H66B16Cl3N14O10S2-2. The van der Waals surface area contributed by atoms with E-state index < -0.39 is 70.3 Å². The molecule has 0 unspecified atom stereocenters. The highest BCUT2D eigenvalue weighted by Gasteiger charge is 2.37. The second kappa shape index (κ2) is 41.6. The Labute approximate surface area is 630 Å². The first-order chi connectivity index (χ1) is 48.0. The zero-order valence-corrected chi connectivity index (χ0v) is 61.7. The number of nitrogens with zero attached hydrogens (tertiary/aromatic N) is 7. The second-order valence-electron chi connectivity index (χ2n) is 23.2. The van der Waals surface area contributed by atoms with Crippen LogP contribution in [0.2, 0.25) is 15.3 Å². The van der Waals surface area contributed by atoms with Gasteiger partial charge in [0.15, 0.2) is 11.6 Å². The van der Waals surface area contributed by atoms with Crippen molar-refractivity contribution in [2.24, 2.45) is 0 Å². The van der Waals surface area contributed by atoms with Gasteiger partial charge in [-0.15, -0.1) is 12.3 Å². The van der Waals surface area contributed by atoms with Gasteiger partial charge in [-0.2, -0.15) is 9.97 Å². The SMILES string of the molecule is COc1cc(N2CCN(C(=O)OC(C)(C)C)CC2)ccc1N.COc1cc(N2CCNCC2)ccc1Nc1ncc(Cl)c(Nc2cccc(OC)c2NS(C)(=O)=O)n1.COc1cccc(Nc2nc(Cl)ncc2Cl)c1NS(C)(=O)=O.[B]B([B])B(B([B])[B])B(B([B])[B])B([B])B([B])[B-].[C-]#CC#CC#C. The van der Waals surface area contributed by atoms with Crippen LogP contribution in [0.4, 0.5) is 67.9 Å². The van der Waals surface area contributed by atoms with E-state index in [1.807, 2.05) is 69.0 Å². The summed E-state index contributed by atoms with van der Waals surface area (Å²) in [5, 5.41) is 13.0. The summed E-state index contributed by atoms with van der Waals surface area (Å²) in [4.78, 5) is 34.8. The third-order valence-electron chi connectivity index (χ3n) is 14.3. The molecule has 4 aromatic carbocycles. The number of halogens is 3. The molecule has 0 spiro atoms. The Morgan fingerprint density at radius 2 is 1.12 bits per heavy atom. The Bertz CT molecular complexity index is 4120. The number of amides is 1. The summed E-state index contributed by atoms with van der Waals surface area (Å²) in [7, 11) is 49.4. The summed E-state index contributed by atoms with van der Waals surface area (Å²) in [6, 6.07) is 21.6. The Morgan fingerprint density at radius 3 is 1.56 bits per heavy atom. The lowest BCUT2D eigenvalue weighted by Gasteiger charge is -2.41. The molecule has 0 bridgehead atoms. The molecule has 19 radical (unpaired) electrons. The van der Waals surface area contributed by atoms with Crippen LogP contribution in [0.15, 0.2) is 85.2 Å². The lowest BCUT2D eigenvalue weighted by atomic mass is 8.44. The number of benzene rings is 4. The molecule has 24 nitrogen and oxygen atoms in total. The number of sulfonamides is 2. The van der Waals surface area contributed by atoms with Gasteiger partial charge in [0.2, 0.25) is 31.3 Å². The predicted molar refractivity (Wildman–Crippen MR) is 433 cm³/mol. The fourth-order valence-electron chi connectivity index (χ4n) is 9.65. The van der Waals surface area contributed by atoms with Gasteiger partial charge >= 0.3 is 6.09 Å². The fraction of sp³-hybridized carbons (Fsp3) is 0.316. The summed E-state index contributed by atoms with van der Waals surface area (Å²) in [6.45, 7) is 12.1.